The molecule has 1 aromatic rings. The zero-order chi connectivity index (χ0) is 10.7. The second-order valence-corrected chi connectivity index (χ2v) is 4.52. The molecule has 0 spiro atoms. The van der Waals surface area contributed by atoms with Gasteiger partial charge >= 0.3 is 0 Å². The van der Waals surface area contributed by atoms with Crippen LogP contribution in [0.25, 0.3) is 0 Å². The van der Waals surface area contributed by atoms with Crippen LogP contribution < -0.4 is 5.73 Å². The summed E-state index contributed by atoms with van der Waals surface area (Å²) in [5, 5.41) is 9.40. The maximum atomic E-state index is 9.40. The maximum absolute atomic E-state index is 9.40. The van der Waals surface area contributed by atoms with E-state index >= 15 is 0 Å². The molecule has 2 rings (SSSR count). The highest BCUT2D eigenvalue weighted by Crippen LogP contribution is 2.33. The highest BCUT2D eigenvalue weighted by Gasteiger charge is 2.21. The summed E-state index contributed by atoms with van der Waals surface area (Å²) < 4.78 is 0. The van der Waals surface area contributed by atoms with E-state index < -0.39 is 0 Å². The van der Waals surface area contributed by atoms with E-state index in [0.29, 0.717) is 11.7 Å². The second kappa shape index (κ2) is 4.67. The zero-order valence-corrected chi connectivity index (χ0v) is 9.02. The fourth-order valence-corrected chi connectivity index (χ4v) is 2.50. The van der Waals surface area contributed by atoms with E-state index in [0.717, 1.165) is 5.56 Å². The molecule has 0 unspecified atom stereocenters. The molecular formula is C13H19NO. The number of benzene rings is 1. The Bertz CT molecular complexity index is 318. The fraction of sp³-hybridized carbons (Fsp3) is 0.538. The van der Waals surface area contributed by atoms with Crippen LogP contribution in [-0.2, 0) is 0 Å². The predicted octanol–water partition coefficient (Wildman–Crippen LogP) is 2.97. The van der Waals surface area contributed by atoms with Crippen molar-refractivity contribution in [3.8, 4) is 5.75 Å². The van der Waals surface area contributed by atoms with Gasteiger partial charge in [0.05, 0.1) is 0 Å². The van der Waals surface area contributed by atoms with Gasteiger partial charge in [-0.1, -0.05) is 31.4 Å². The second-order valence-electron chi connectivity index (χ2n) is 4.52. The highest BCUT2D eigenvalue weighted by molar-refractivity contribution is 5.29. The van der Waals surface area contributed by atoms with Crippen LogP contribution in [-0.4, -0.2) is 5.11 Å². The number of rotatable bonds is 2. The average Bonchev–Trinajstić information content (AvgIpc) is 2.29. The standard InChI is InChI=1S/C13H19NO/c14-13(10-5-2-1-3-6-10)11-7-4-8-12(15)9-11/h4,7-10,13,15H,1-3,5-6,14H2/t13-/m1/s1. The monoisotopic (exact) mass is 205 g/mol. The molecule has 3 N–H and O–H groups in total. The normalized spacial score (nSPS) is 20.1. The lowest BCUT2D eigenvalue weighted by molar-refractivity contribution is 0.307. The summed E-state index contributed by atoms with van der Waals surface area (Å²) in [5.74, 6) is 0.916. The van der Waals surface area contributed by atoms with Gasteiger partial charge < -0.3 is 10.8 Å². The Morgan fingerprint density at radius 1 is 1.20 bits per heavy atom. The van der Waals surface area contributed by atoms with Crippen LogP contribution in [0.4, 0.5) is 0 Å². The molecule has 0 radical (unpaired) electrons. The molecule has 0 bridgehead atoms. The lowest BCUT2D eigenvalue weighted by Gasteiger charge is -2.27. The first-order valence-electron chi connectivity index (χ1n) is 5.82. The first-order valence-corrected chi connectivity index (χ1v) is 5.82. The van der Waals surface area contributed by atoms with Crippen molar-refractivity contribution in [1.82, 2.24) is 0 Å². The van der Waals surface area contributed by atoms with Gasteiger partial charge in [-0.05, 0) is 36.5 Å². The summed E-state index contributed by atoms with van der Waals surface area (Å²) in [4.78, 5) is 0. The van der Waals surface area contributed by atoms with Crippen LogP contribution in [0.3, 0.4) is 0 Å². The highest BCUT2D eigenvalue weighted by atomic mass is 16.3. The Morgan fingerprint density at radius 3 is 2.60 bits per heavy atom. The Balaban J connectivity index is 2.08. The minimum absolute atomic E-state index is 0.0948. The van der Waals surface area contributed by atoms with Gasteiger partial charge in [-0.3, -0.25) is 0 Å². The van der Waals surface area contributed by atoms with E-state index in [9.17, 15) is 5.11 Å². The first-order chi connectivity index (χ1) is 7.27. The summed E-state index contributed by atoms with van der Waals surface area (Å²) in [7, 11) is 0. The first kappa shape index (κ1) is 10.5. The molecule has 1 aliphatic carbocycles. The molecule has 1 aliphatic rings. The van der Waals surface area contributed by atoms with Crippen LogP contribution in [0.1, 0.15) is 43.7 Å². The van der Waals surface area contributed by atoms with Gasteiger partial charge in [-0.15, -0.1) is 0 Å². The Morgan fingerprint density at radius 2 is 1.93 bits per heavy atom. The molecule has 0 amide bonds. The van der Waals surface area contributed by atoms with Crippen molar-refractivity contribution in [3.05, 3.63) is 29.8 Å². The molecule has 0 saturated heterocycles. The number of nitrogens with two attached hydrogens (primary N) is 1. The van der Waals surface area contributed by atoms with Gasteiger partial charge in [0.15, 0.2) is 0 Å². The minimum atomic E-state index is 0.0948. The Kier molecular flexibility index (Phi) is 3.27. The predicted molar refractivity (Wildman–Crippen MR) is 61.6 cm³/mol. The van der Waals surface area contributed by atoms with E-state index in [2.05, 4.69) is 0 Å². The molecule has 82 valence electrons. The summed E-state index contributed by atoms with van der Waals surface area (Å²) in [5.41, 5.74) is 7.30. The van der Waals surface area contributed by atoms with E-state index in [1.54, 1.807) is 12.1 Å². The van der Waals surface area contributed by atoms with Crippen LogP contribution in [0.2, 0.25) is 0 Å². The van der Waals surface area contributed by atoms with Crippen molar-refractivity contribution < 1.29 is 5.11 Å². The van der Waals surface area contributed by atoms with Crippen LogP contribution in [0.5, 0.6) is 5.75 Å². The van der Waals surface area contributed by atoms with Gasteiger partial charge in [0, 0.05) is 6.04 Å². The zero-order valence-electron chi connectivity index (χ0n) is 9.02. The fourth-order valence-electron chi connectivity index (χ4n) is 2.50. The number of aromatic hydroxyl groups is 1. The van der Waals surface area contributed by atoms with E-state index in [4.69, 9.17) is 5.73 Å². The lowest BCUT2D eigenvalue weighted by atomic mass is 9.81. The maximum Gasteiger partial charge on any atom is 0.115 e. The number of hydrogen-bond donors (Lipinski definition) is 2. The van der Waals surface area contributed by atoms with Gasteiger partial charge in [-0.2, -0.15) is 0 Å². The summed E-state index contributed by atoms with van der Waals surface area (Å²) in [6, 6.07) is 7.46. The van der Waals surface area contributed by atoms with Gasteiger partial charge in [-0.25, -0.2) is 0 Å². The van der Waals surface area contributed by atoms with Crippen molar-refractivity contribution in [1.29, 1.82) is 0 Å². The van der Waals surface area contributed by atoms with Crippen molar-refractivity contribution in [2.24, 2.45) is 11.7 Å². The summed E-state index contributed by atoms with van der Waals surface area (Å²) in [6.07, 6.45) is 6.42. The van der Waals surface area contributed by atoms with Gasteiger partial charge in [0.25, 0.3) is 0 Å². The molecule has 1 saturated carbocycles. The smallest absolute Gasteiger partial charge is 0.115 e. The molecule has 0 heterocycles. The summed E-state index contributed by atoms with van der Waals surface area (Å²) >= 11 is 0. The van der Waals surface area contributed by atoms with Crippen LogP contribution >= 0.6 is 0 Å². The lowest BCUT2D eigenvalue weighted by Crippen LogP contribution is -2.23. The number of phenolic OH excluding ortho intramolecular Hbond substituents is 1. The van der Waals surface area contributed by atoms with Crippen LogP contribution in [0.15, 0.2) is 24.3 Å². The SMILES string of the molecule is N[C@@H](c1cccc(O)c1)C1CCCCC1. The third kappa shape index (κ3) is 2.51. The molecular weight excluding hydrogens is 186 g/mol. The Hall–Kier alpha value is -1.02. The number of phenols is 1. The quantitative estimate of drug-likeness (QED) is 0.779. The molecule has 0 aliphatic heterocycles. The van der Waals surface area contributed by atoms with Crippen molar-refractivity contribution >= 4 is 0 Å². The molecule has 1 atom stereocenters. The van der Waals surface area contributed by atoms with Crippen molar-refractivity contribution in [3.63, 3.8) is 0 Å². The van der Waals surface area contributed by atoms with Gasteiger partial charge in [0.2, 0.25) is 0 Å². The third-order valence-corrected chi connectivity index (χ3v) is 3.41. The largest absolute Gasteiger partial charge is 0.508 e. The third-order valence-electron chi connectivity index (χ3n) is 3.41. The minimum Gasteiger partial charge on any atom is -0.508 e. The van der Waals surface area contributed by atoms with Crippen molar-refractivity contribution in [2.75, 3.05) is 0 Å². The van der Waals surface area contributed by atoms with E-state index in [1.807, 2.05) is 12.1 Å². The Labute approximate surface area is 91.1 Å². The molecule has 0 aromatic heterocycles. The van der Waals surface area contributed by atoms with Crippen molar-refractivity contribution in [2.45, 2.75) is 38.1 Å². The molecule has 2 nitrogen and oxygen atoms in total. The topological polar surface area (TPSA) is 46.2 Å². The van der Waals surface area contributed by atoms with E-state index in [-0.39, 0.29) is 6.04 Å². The summed E-state index contributed by atoms with van der Waals surface area (Å²) in [6.45, 7) is 0. The molecule has 15 heavy (non-hydrogen) atoms. The van der Waals surface area contributed by atoms with Crippen LogP contribution in [0, 0.1) is 5.92 Å². The molecule has 2 heteroatoms. The molecule has 1 fully saturated rings. The average molecular weight is 205 g/mol. The molecule has 1 aromatic carbocycles. The van der Waals surface area contributed by atoms with E-state index in [1.165, 1.54) is 32.1 Å². The van der Waals surface area contributed by atoms with Gasteiger partial charge in [0.1, 0.15) is 5.75 Å². The number of hydrogen-bond acceptors (Lipinski definition) is 2.